The minimum absolute atomic E-state index is 0.200. The maximum Gasteiger partial charge on any atom is 0.246 e. The molecule has 2 aromatic carbocycles. The summed E-state index contributed by atoms with van der Waals surface area (Å²) in [7, 11) is -3.64. The Labute approximate surface area is 166 Å². The summed E-state index contributed by atoms with van der Waals surface area (Å²) in [4.78, 5) is 14.9. The lowest BCUT2D eigenvalue weighted by Crippen LogP contribution is -2.50. The summed E-state index contributed by atoms with van der Waals surface area (Å²) in [5, 5.41) is 0. The average Bonchev–Trinajstić information content (AvgIpc) is 2.67. The Balaban J connectivity index is 1.84. The molecule has 0 unspecified atom stereocenters. The van der Waals surface area contributed by atoms with Crippen molar-refractivity contribution in [3.63, 3.8) is 0 Å². The number of carbonyl (C=O) groups is 1. The molecule has 150 valence electrons. The predicted octanol–water partition coefficient (Wildman–Crippen LogP) is 2.82. The summed E-state index contributed by atoms with van der Waals surface area (Å²) in [6.45, 7) is 5.14. The molecule has 0 aromatic heterocycles. The number of hydrogen-bond donors (Lipinski definition) is 0. The molecule has 7 heteroatoms. The van der Waals surface area contributed by atoms with Crippen LogP contribution >= 0.6 is 0 Å². The molecular weight excluding hydrogens is 376 g/mol. The van der Waals surface area contributed by atoms with Gasteiger partial charge in [0.15, 0.2) is 0 Å². The molecule has 0 fully saturated rings. The molecule has 1 aliphatic rings. The molecule has 6 nitrogen and oxygen atoms in total. The fourth-order valence-electron chi connectivity index (χ4n) is 3.61. The van der Waals surface area contributed by atoms with Gasteiger partial charge in [0.2, 0.25) is 15.9 Å². The number of benzene rings is 2. The molecule has 0 saturated heterocycles. The third-order valence-electron chi connectivity index (χ3n) is 4.91. The van der Waals surface area contributed by atoms with E-state index in [2.05, 4.69) is 6.07 Å². The Hall–Kier alpha value is -2.54. The van der Waals surface area contributed by atoms with E-state index < -0.39 is 16.1 Å². The van der Waals surface area contributed by atoms with Gasteiger partial charge in [-0.25, -0.2) is 8.42 Å². The number of fused-ring (bicyclic) bond motifs is 1. The molecule has 1 amide bonds. The number of nitrogens with zero attached hydrogens (tertiary/aromatic N) is 2. The summed E-state index contributed by atoms with van der Waals surface area (Å²) >= 11 is 0. The zero-order chi connectivity index (χ0) is 20.3. The second-order valence-electron chi connectivity index (χ2n) is 6.94. The molecule has 2 aromatic rings. The Morgan fingerprint density at radius 1 is 1.14 bits per heavy atom. The van der Waals surface area contributed by atoms with Gasteiger partial charge in [-0.1, -0.05) is 24.3 Å². The van der Waals surface area contributed by atoms with Crippen LogP contribution < -0.4 is 9.04 Å². The van der Waals surface area contributed by atoms with E-state index >= 15 is 0 Å². The fraction of sp³-hybridized carbons (Fsp3) is 0.381. The number of carbonyl (C=O) groups excluding carboxylic acids is 1. The van der Waals surface area contributed by atoms with Crippen molar-refractivity contribution >= 4 is 21.6 Å². The van der Waals surface area contributed by atoms with Gasteiger partial charge in [-0.3, -0.25) is 9.10 Å². The minimum Gasteiger partial charge on any atom is -0.494 e. The molecule has 1 atom stereocenters. The lowest BCUT2D eigenvalue weighted by Gasteiger charge is -2.35. The maximum atomic E-state index is 13.1. The van der Waals surface area contributed by atoms with Crippen LogP contribution in [0.2, 0.25) is 0 Å². The highest BCUT2D eigenvalue weighted by Crippen LogP contribution is 2.26. The molecule has 0 spiro atoms. The van der Waals surface area contributed by atoms with Gasteiger partial charge in [-0.2, -0.15) is 0 Å². The highest BCUT2D eigenvalue weighted by molar-refractivity contribution is 7.92. The largest absolute Gasteiger partial charge is 0.494 e. The number of anilines is 1. The van der Waals surface area contributed by atoms with Gasteiger partial charge in [0.1, 0.15) is 11.8 Å². The molecule has 28 heavy (non-hydrogen) atoms. The standard InChI is InChI=1S/C21H26N2O4S/c1-4-27-20-11-9-19(10-12-20)23(28(3,25)26)16(2)21(24)22-14-13-17-7-5-6-8-18(17)15-22/h5-12,16H,4,13-15H2,1-3H3/t16-/m0/s1. The van der Waals surface area contributed by atoms with Crippen LogP contribution in [-0.4, -0.2) is 44.7 Å². The van der Waals surface area contributed by atoms with Gasteiger partial charge in [0.05, 0.1) is 18.6 Å². The van der Waals surface area contributed by atoms with Gasteiger partial charge >= 0.3 is 0 Å². The van der Waals surface area contributed by atoms with Gasteiger partial charge < -0.3 is 9.64 Å². The van der Waals surface area contributed by atoms with Crippen LogP contribution in [0, 0.1) is 0 Å². The van der Waals surface area contributed by atoms with Crippen molar-refractivity contribution in [3.8, 4) is 5.75 Å². The van der Waals surface area contributed by atoms with E-state index in [4.69, 9.17) is 4.74 Å². The lowest BCUT2D eigenvalue weighted by atomic mass is 9.99. The van der Waals surface area contributed by atoms with Crippen molar-refractivity contribution in [2.75, 3.05) is 23.7 Å². The predicted molar refractivity (Wildman–Crippen MR) is 110 cm³/mol. The Bertz CT molecular complexity index is 941. The second kappa shape index (κ2) is 8.22. The zero-order valence-corrected chi connectivity index (χ0v) is 17.3. The topological polar surface area (TPSA) is 66.9 Å². The first-order chi connectivity index (χ1) is 13.3. The SMILES string of the molecule is CCOc1ccc(N([C@@H](C)C(=O)N2CCc3ccccc3C2)S(C)(=O)=O)cc1. The lowest BCUT2D eigenvalue weighted by molar-refractivity contribution is -0.132. The minimum atomic E-state index is -3.64. The van der Waals surface area contributed by atoms with Gasteiger partial charge in [0.25, 0.3) is 0 Å². The number of amides is 1. The van der Waals surface area contributed by atoms with E-state index in [9.17, 15) is 13.2 Å². The normalized spacial score (nSPS) is 14.9. The van der Waals surface area contributed by atoms with Gasteiger partial charge in [-0.05, 0) is 55.7 Å². The monoisotopic (exact) mass is 402 g/mol. The summed E-state index contributed by atoms with van der Waals surface area (Å²) in [5.41, 5.74) is 2.80. The van der Waals surface area contributed by atoms with Crippen molar-refractivity contribution in [1.82, 2.24) is 4.90 Å². The first kappa shape index (κ1) is 20.2. The van der Waals surface area contributed by atoms with Crippen molar-refractivity contribution in [2.24, 2.45) is 0 Å². The van der Waals surface area contributed by atoms with E-state index in [1.165, 1.54) is 9.87 Å². The van der Waals surface area contributed by atoms with E-state index in [1.54, 1.807) is 36.1 Å². The first-order valence-electron chi connectivity index (χ1n) is 9.39. The smallest absolute Gasteiger partial charge is 0.246 e. The van der Waals surface area contributed by atoms with E-state index in [0.717, 1.165) is 18.2 Å². The van der Waals surface area contributed by atoms with E-state index in [-0.39, 0.29) is 5.91 Å². The van der Waals surface area contributed by atoms with Crippen LogP contribution in [0.5, 0.6) is 5.75 Å². The van der Waals surface area contributed by atoms with Gasteiger partial charge in [-0.15, -0.1) is 0 Å². The molecule has 3 rings (SSSR count). The zero-order valence-electron chi connectivity index (χ0n) is 16.5. The highest BCUT2D eigenvalue weighted by atomic mass is 32.2. The summed E-state index contributed by atoms with van der Waals surface area (Å²) in [6.07, 6.45) is 1.90. The van der Waals surface area contributed by atoms with Crippen molar-refractivity contribution < 1.29 is 17.9 Å². The van der Waals surface area contributed by atoms with Crippen LogP contribution in [0.25, 0.3) is 0 Å². The number of hydrogen-bond acceptors (Lipinski definition) is 4. The molecule has 0 bridgehead atoms. The summed E-state index contributed by atoms with van der Waals surface area (Å²) < 4.78 is 31.6. The molecule has 0 saturated carbocycles. The Kier molecular flexibility index (Phi) is 5.93. The molecule has 1 aliphatic heterocycles. The number of sulfonamides is 1. The maximum absolute atomic E-state index is 13.1. The van der Waals surface area contributed by atoms with Crippen LogP contribution in [0.15, 0.2) is 48.5 Å². The van der Waals surface area contributed by atoms with Crippen molar-refractivity contribution in [1.29, 1.82) is 0 Å². The second-order valence-corrected chi connectivity index (χ2v) is 8.80. The molecule has 0 N–H and O–H groups in total. The molecule has 1 heterocycles. The Morgan fingerprint density at radius 2 is 1.79 bits per heavy atom. The van der Waals surface area contributed by atoms with Crippen molar-refractivity contribution in [3.05, 3.63) is 59.7 Å². The summed E-state index contributed by atoms with van der Waals surface area (Å²) in [6, 6.07) is 14.0. The van der Waals surface area contributed by atoms with Gasteiger partial charge in [0, 0.05) is 13.1 Å². The van der Waals surface area contributed by atoms with E-state index in [1.807, 2.05) is 25.1 Å². The van der Waals surface area contributed by atoms with Crippen LogP contribution in [0.3, 0.4) is 0 Å². The van der Waals surface area contributed by atoms with Crippen LogP contribution in [0.1, 0.15) is 25.0 Å². The molecule has 0 radical (unpaired) electrons. The molecule has 0 aliphatic carbocycles. The van der Waals surface area contributed by atoms with Crippen LogP contribution in [-0.2, 0) is 27.8 Å². The number of ether oxygens (including phenoxy) is 1. The highest BCUT2D eigenvalue weighted by Gasteiger charge is 2.33. The average molecular weight is 403 g/mol. The van der Waals surface area contributed by atoms with Crippen LogP contribution in [0.4, 0.5) is 5.69 Å². The third-order valence-corrected chi connectivity index (χ3v) is 6.15. The quantitative estimate of drug-likeness (QED) is 0.745. The summed E-state index contributed by atoms with van der Waals surface area (Å²) in [5.74, 6) is 0.458. The first-order valence-corrected chi connectivity index (χ1v) is 11.2. The third kappa shape index (κ3) is 4.30. The Morgan fingerprint density at radius 3 is 2.39 bits per heavy atom. The fourth-order valence-corrected chi connectivity index (χ4v) is 4.78. The van der Waals surface area contributed by atoms with Crippen molar-refractivity contribution in [2.45, 2.75) is 32.9 Å². The van der Waals surface area contributed by atoms with E-state index in [0.29, 0.717) is 31.1 Å². The number of rotatable bonds is 6. The molecular formula is C21H26N2O4S.